The highest BCUT2D eigenvalue weighted by Gasteiger charge is 2.30. The maximum Gasteiger partial charge on any atom is 0.472 e. The van der Waals surface area contributed by atoms with Crippen molar-refractivity contribution >= 4 is 39.5 Å². The van der Waals surface area contributed by atoms with Gasteiger partial charge in [0.15, 0.2) is 12.2 Å². The second kappa shape index (κ2) is 69.2. The molecule has 0 amide bonds. The molecule has 5 atom stereocenters. The van der Waals surface area contributed by atoms with Gasteiger partial charge in [0.1, 0.15) is 19.3 Å². The lowest BCUT2D eigenvalue weighted by Crippen LogP contribution is -2.30. The standard InChI is InChI=1S/C76H148O17P2/c1-6-9-12-15-18-21-24-26-28-30-31-33-35-38-41-46-52-57-62-76(81)92-71(65-86-73(78)59-54-49-44-39-37-34-32-29-27-25-22-19-16-13-10-7-2)67-90-94(82,83)88-63-70(77)64-89-95(84,85)91-68-72(66-87-74(79)60-55-50-47-42-43-48-53-58-69(4)5)93-75(80)61-56-51-45-40-36-23-20-17-14-11-8-3/h69-72,77H,6-68H2,1-5H3,(H,82,83)(H,84,85)/t70-,71-,72-/m1/s1. The van der Waals surface area contributed by atoms with Crippen molar-refractivity contribution in [3.63, 3.8) is 0 Å². The lowest BCUT2D eigenvalue weighted by Gasteiger charge is -2.21. The molecule has 0 aromatic carbocycles. The van der Waals surface area contributed by atoms with Gasteiger partial charge in [0, 0.05) is 25.7 Å². The first-order valence-corrected chi connectivity index (χ1v) is 42.6. The molecule has 0 saturated heterocycles. The molecule has 0 fully saturated rings. The van der Waals surface area contributed by atoms with Crippen LogP contribution in [0.4, 0.5) is 0 Å². The van der Waals surface area contributed by atoms with E-state index >= 15 is 0 Å². The van der Waals surface area contributed by atoms with E-state index in [0.29, 0.717) is 31.6 Å². The van der Waals surface area contributed by atoms with Crippen LogP contribution in [-0.2, 0) is 65.4 Å². The smallest absolute Gasteiger partial charge is 0.462 e. The molecule has 3 N–H and O–H groups in total. The van der Waals surface area contributed by atoms with Crippen molar-refractivity contribution in [3.8, 4) is 0 Å². The minimum atomic E-state index is -4.96. The van der Waals surface area contributed by atoms with Gasteiger partial charge in [-0.1, -0.05) is 349 Å². The largest absolute Gasteiger partial charge is 0.472 e. The summed E-state index contributed by atoms with van der Waals surface area (Å²) in [4.78, 5) is 72.8. The van der Waals surface area contributed by atoms with E-state index in [1.165, 1.54) is 218 Å². The number of carbonyl (C=O) groups excluding carboxylic acids is 4. The van der Waals surface area contributed by atoms with Gasteiger partial charge in [0.25, 0.3) is 0 Å². The Bertz CT molecular complexity index is 1820. The van der Waals surface area contributed by atoms with Crippen molar-refractivity contribution in [2.75, 3.05) is 39.6 Å². The van der Waals surface area contributed by atoms with Gasteiger partial charge in [-0.15, -0.1) is 0 Å². The molecule has 0 bridgehead atoms. The third-order valence-corrected chi connectivity index (χ3v) is 19.7. The molecule has 0 saturated carbocycles. The predicted octanol–water partition coefficient (Wildman–Crippen LogP) is 22.5. The van der Waals surface area contributed by atoms with Gasteiger partial charge in [-0.25, -0.2) is 9.13 Å². The van der Waals surface area contributed by atoms with Crippen molar-refractivity contribution in [3.05, 3.63) is 0 Å². The van der Waals surface area contributed by atoms with E-state index in [1.54, 1.807) is 0 Å². The minimum absolute atomic E-state index is 0.107. The Morgan fingerprint density at radius 3 is 0.716 bits per heavy atom. The molecule has 0 aromatic heterocycles. The molecule has 17 nitrogen and oxygen atoms in total. The molecule has 0 aliphatic carbocycles. The van der Waals surface area contributed by atoms with Crippen LogP contribution in [0.2, 0.25) is 0 Å². The van der Waals surface area contributed by atoms with E-state index in [1.807, 2.05) is 0 Å². The summed E-state index contributed by atoms with van der Waals surface area (Å²) >= 11 is 0. The molecule has 0 aliphatic rings. The second-order valence-corrected chi connectivity index (χ2v) is 30.8. The highest BCUT2D eigenvalue weighted by Crippen LogP contribution is 2.45. The van der Waals surface area contributed by atoms with Gasteiger partial charge < -0.3 is 33.8 Å². The van der Waals surface area contributed by atoms with E-state index < -0.39 is 97.5 Å². The number of aliphatic hydroxyl groups is 1. The summed E-state index contributed by atoms with van der Waals surface area (Å²) in [7, 11) is -9.91. The Morgan fingerprint density at radius 1 is 0.284 bits per heavy atom. The van der Waals surface area contributed by atoms with Crippen molar-refractivity contribution in [2.45, 2.75) is 419 Å². The summed E-state index contributed by atoms with van der Waals surface area (Å²) in [6, 6.07) is 0. The first-order valence-electron chi connectivity index (χ1n) is 39.6. The lowest BCUT2D eigenvalue weighted by molar-refractivity contribution is -0.161. The maximum atomic E-state index is 13.1. The Morgan fingerprint density at radius 2 is 0.484 bits per heavy atom. The van der Waals surface area contributed by atoms with E-state index in [-0.39, 0.29) is 25.7 Å². The van der Waals surface area contributed by atoms with E-state index in [4.69, 9.17) is 37.0 Å². The molecular formula is C76H148O17P2. The number of rotatable bonds is 76. The van der Waals surface area contributed by atoms with Gasteiger partial charge in [0.05, 0.1) is 26.4 Å². The molecule has 0 rings (SSSR count). The Balaban J connectivity index is 5.22. The third-order valence-electron chi connectivity index (χ3n) is 17.8. The predicted molar refractivity (Wildman–Crippen MR) is 386 cm³/mol. The second-order valence-electron chi connectivity index (χ2n) is 27.9. The van der Waals surface area contributed by atoms with E-state index in [2.05, 4.69) is 34.6 Å². The number of esters is 4. The molecule has 564 valence electrons. The zero-order valence-corrected chi connectivity index (χ0v) is 63.6. The van der Waals surface area contributed by atoms with Crippen LogP contribution in [0, 0.1) is 5.92 Å². The number of phosphoric ester groups is 2. The number of carbonyl (C=O) groups is 4. The SMILES string of the molecule is CCCCCCCCCCCCCCCCCCCCC(=O)O[C@H](COC(=O)CCCCCCCCCCCCCCCCCC)COP(=O)(O)OC[C@@H](O)COP(=O)(O)OC[C@@H](COC(=O)CCCCCCCCCC(C)C)OC(=O)CCCCCCCCCCCCC. The number of hydrogen-bond donors (Lipinski definition) is 3. The Labute approximate surface area is 581 Å². The van der Waals surface area contributed by atoms with Gasteiger partial charge in [0.2, 0.25) is 0 Å². The average Bonchev–Trinajstić information content (AvgIpc) is 3.39. The Hall–Kier alpha value is -1.94. The maximum absolute atomic E-state index is 13.1. The van der Waals surface area contributed by atoms with Crippen LogP contribution in [0.1, 0.15) is 401 Å². The monoisotopic (exact) mass is 1400 g/mol. The van der Waals surface area contributed by atoms with Gasteiger partial charge in [-0.2, -0.15) is 0 Å². The number of aliphatic hydroxyl groups excluding tert-OH is 1. The summed E-state index contributed by atoms with van der Waals surface area (Å²) in [5.41, 5.74) is 0. The van der Waals surface area contributed by atoms with Crippen LogP contribution in [0.3, 0.4) is 0 Å². The molecule has 19 heteroatoms. The molecular weight excluding hydrogens is 1250 g/mol. The molecule has 0 spiro atoms. The zero-order valence-electron chi connectivity index (χ0n) is 61.8. The molecule has 95 heavy (non-hydrogen) atoms. The van der Waals surface area contributed by atoms with Crippen molar-refractivity contribution in [1.82, 2.24) is 0 Å². The summed E-state index contributed by atoms with van der Waals surface area (Å²) < 4.78 is 68.5. The fourth-order valence-electron chi connectivity index (χ4n) is 11.7. The topological polar surface area (TPSA) is 237 Å². The van der Waals surface area contributed by atoms with Gasteiger partial charge in [-0.3, -0.25) is 37.3 Å². The van der Waals surface area contributed by atoms with Crippen LogP contribution in [0.25, 0.3) is 0 Å². The highest BCUT2D eigenvalue weighted by atomic mass is 31.2. The zero-order chi connectivity index (χ0) is 69.8. The van der Waals surface area contributed by atoms with Crippen LogP contribution in [-0.4, -0.2) is 96.7 Å². The van der Waals surface area contributed by atoms with E-state index in [9.17, 15) is 43.2 Å². The normalized spacial score (nSPS) is 13.9. The number of phosphoric acid groups is 2. The summed E-state index contributed by atoms with van der Waals surface area (Å²) in [6.07, 6.45) is 58.3. The first kappa shape index (κ1) is 93.1. The first-order chi connectivity index (χ1) is 46.0. The number of ether oxygens (including phenoxy) is 4. The van der Waals surface area contributed by atoms with Crippen LogP contribution < -0.4 is 0 Å². The fraction of sp³-hybridized carbons (Fsp3) is 0.947. The summed E-state index contributed by atoms with van der Waals surface area (Å²) in [5, 5.41) is 10.6. The lowest BCUT2D eigenvalue weighted by atomic mass is 10.0. The van der Waals surface area contributed by atoms with Crippen molar-refractivity contribution in [2.24, 2.45) is 5.92 Å². The quantitative estimate of drug-likeness (QED) is 0.0222. The van der Waals surface area contributed by atoms with Crippen LogP contribution in [0.5, 0.6) is 0 Å². The summed E-state index contributed by atoms with van der Waals surface area (Å²) in [5.74, 6) is -1.41. The van der Waals surface area contributed by atoms with Crippen LogP contribution >= 0.6 is 15.6 Å². The third kappa shape index (κ3) is 70.3. The summed E-state index contributed by atoms with van der Waals surface area (Å²) in [6.45, 7) is 7.24. The molecule has 0 aliphatic heterocycles. The van der Waals surface area contributed by atoms with Gasteiger partial charge in [-0.05, 0) is 31.6 Å². The highest BCUT2D eigenvalue weighted by molar-refractivity contribution is 7.47. The number of unbranched alkanes of at least 4 members (excludes halogenated alkanes) is 48. The fourth-order valence-corrected chi connectivity index (χ4v) is 13.3. The van der Waals surface area contributed by atoms with Gasteiger partial charge >= 0.3 is 39.5 Å². The average molecular weight is 1400 g/mol. The van der Waals surface area contributed by atoms with Crippen LogP contribution in [0.15, 0.2) is 0 Å². The van der Waals surface area contributed by atoms with Crippen molar-refractivity contribution < 1.29 is 80.2 Å². The van der Waals surface area contributed by atoms with E-state index in [0.717, 1.165) is 96.3 Å². The molecule has 0 heterocycles. The molecule has 0 aromatic rings. The minimum Gasteiger partial charge on any atom is -0.462 e. The molecule has 2 unspecified atom stereocenters. The number of hydrogen-bond acceptors (Lipinski definition) is 15. The van der Waals surface area contributed by atoms with Crippen molar-refractivity contribution in [1.29, 1.82) is 0 Å². The Kier molecular flexibility index (Phi) is 67.7. The molecule has 0 radical (unpaired) electrons.